The van der Waals surface area contributed by atoms with E-state index in [1.54, 1.807) is 6.33 Å². The van der Waals surface area contributed by atoms with Crippen molar-refractivity contribution >= 4 is 16.9 Å². The minimum atomic E-state index is 0.462. The summed E-state index contributed by atoms with van der Waals surface area (Å²) in [5.41, 5.74) is 1.96. The van der Waals surface area contributed by atoms with E-state index in [9.17, 15) is 0 Å². The zero-order valence-corrected chi connectivity index (χ0v) is 15.0. The van der Waals surface area contributed by atoms with Crippen molar-refractivity contribution in [2.75, 3.05) is 18.0 Å². The van der Waals surface area contributed by atoms with Gasteiger partial charge in [0.15, 0.2) is 0 Å². The largest absolute Gasteiger partial charge is 0.356 e. The quantitative estimate of drug-likeness (QED) is 0.606. The number of aromatic amines is 1. The number of hydrogen-bond donors (Lipinski definition) is 1. The van der Waals surface area contributed by atoms with Crippen LogP contribution in [-0.4, -0.2) is 42.6 Å². The number of imidazole rings is 1. The van der Waals surface area contributed by atoms with Crippen LogP contribution < -0.4 is 4.90 Å². The van der Waals surface area contributed by atoms with E-state index in [4.69, 9.17) is 0 Å². The van der Waals surface area contributed by atoms with Crippen molar-refractivity contribution in [3.63, 3.8) is 0 Å². The number of pyridine rings is 1. The Kier molecular flexibility index (Phi) is 4.04. The summed E-state index contributed by atoms with van der Waals surface area (Å²) in [4.78, 5) is 23.4. The number of fused-ring (bicyclic) bond motifs is 1. The first-order valence-electron chi connectivity index (χ1n) is 9.32. The summed E-state index contributed by atoms with van der Waals surface area (Å²) < 4.78 is 2.23. The molecule has 1 saturated heterocycles. The summed E-state index contributed by atoms with van der Waals surface area (Å²) >= 11 is 0. The monoisotopic (exact) mass is 359 g/mol. The van der Waals surface area contributed by atoms with Gasteiger partial charge in [-0.05, 0) is 31.0 Å². The van der Waals surface area contributed by atoms with Crippen LogP contribution in [0.4, 0.5) is 5.82 Å². The topological polar surface area (TPSA) is 75.5 Å². The lowest BCUT2D eigenvalue weighted by Crippen LogP contribution is -2.34. The average Bonchev–Trinajstić information content (AvgIpc) is 3.38. The van der Waals surface area contributed by atoms with Crippen molar-refractivity contribution in [2.45, 2.75) is 25.3 Å². The van der Waals surface area contributed by atoms with Crippen molar-refractivity contribution in [1.29, 1.82) is 0 Å². The van der Waals surface area contributed by atoms with Gasteiger partial charge >= 0.3 is 0 Å². The van der Waals surface area contributed by atoms with Gasteiger partial charge in [0.1, 0.15) is 23.6 Å². The summed E-state index contributed by atoms with van der Waals surface area (Å²) in [6.45, 7) is 2.71. The number of nitrogens with zero attached hydrogens (tertiary/aromatic N) is 6. The molecule has 27 heavy (non-hydrogen) atoms. The van der Waals surface area contributed by atoms with E-state index in [1.807, 2.05) is 30.7 Å². The zero-order valence-electron chi connectivity index (χ0n) is 15.0. The highest BCUT2D eigenvalue weighted by molar-refractivity contribution is 5.87. The number of piperidine rings is 1. The standard InChI is InChI=1S/C20H21N7/c1-2-7-21-16(3-1)13-27-12-9-23-19(27)15-5-10-26(11-6-15)20-17-4-8-22-18(17)24-14-25-20/h1-4,7-9,12,14-15H,5-6,10-11,13H2,(H,22,24,25). The average molecular weight is 359 g/mol. The third-order valence-corrected chi connectivity index (χ3v) is 5.30. The van der Waals surface area contributed by atoms with Crippen molar-refractivity contribution < 1.29 is 0 Å². The molecule has 1 fully saturated rings. The van der Waals surface area contributed by atoms with E-state index in [0.717, 1.165) is 60.8 Å². The second-order valence-corrected chi connectivity index (χ2v) is 6.93. The Labute approximate surface area is 157 Å². The fraction of sp³-hybridized carbons (Fsp3) is 0.300. The molecule has 0 saturated carbocycles. The predicted octanol–water partition coefficient (Wildman–Crippen LogP) is 2.98. The molecule has 5 rings (SSSR count). The van der Waals surface area contributed by atoms with Gasteiger partial charge in [-0.3, -0.25) is 4.98 Å². The van der Waals surface area contributed by atoms with Crippen LogP contribution in [0.1, 0.15) is 30.3 Å². The highest BCUT2D eigenvalue weighted by atomic mass is 15.2. The molecule has 0 amide bonds. The van der Waals surface area contributed by atoms with Crippen molar-refractivity contribution in [3.05, 3.63) is 66.9 Å². The Morgan fingerprint density at radius 2 is 1.93 bits per heavy atom. The van der Waals surface area contributed by atoms with Gasteiger partial charge in [-0.25, -0.2) is 15.0 Å². The Morgan fingerprint density at radius 3 is 2.78 bits per heavy atom. The lowest BCUT2D eigenvalue weighted by atomic mass is 9.95. The van der Waals surface area contributed by atoms with Crippen molar-refractivity contribution in [1.82, 2.24) is 29.5 Å². The molecule has 5 heterocycles. The third kappa shape index (κ3) is 3.05. The fourth-order valence-corrected chi connectivity index (χ4v) is 3.94. The van der Waals surface area contributed by atoms with Gasteiger partial charge in [0.25, 0.3) is 0 Å². The van der Waals surface area contributed by atoms with Gasteiger partial charge in [-0.2, -0.15) is 0 Å². The fourth-order valence-electron chi connectivity index (χ4n) is 3.94. The molecule has 0 radical (unpaired) electrons. The van der Waals surface area contributed by atoms with Crippen LogP contribution >= 0.6 is 0 Å². The lowest BCUT2D eigenvalue weighted by Gasteiger charge is -2.33. The molecule has 7 heteroatoms. The molecule has 0 bridgehead atoms. The lowest BCUT2D eigenvalue weighted by molar-refractivity contribution is 0.468. The molecule has 0 unspecified atom stereocenters. The smallest absolute Gasteiger partial charge is 0.142 e. The van der Waals surface area contributed by atoms with Crippen LogP contribution in [0.2, 0.25) is 0 Å². The van der Waals surface area contributed by atoms with E-state index in [2.05, 4.69) is 52.7 Å². The van der Waals surface area contributed by atoms with Gasteiger partial charge in [0.2, 0.25) is 0 Å². The molecular weight excluding hydrogens is 338 g/mol. The Balaban J connectivity index is 1.31. The molecule has 1 aliphatic rings. The third-order valence-electron chi connectivity index (χ3n) is 5.30. The number of nitrogens with one attached hydrogen (secondary N) is 1. The van der Waals surface area contributed by atoms with Crippen LogP contribution in [0, 0.1) is 0 Å². The minimum absolute atomic E-state index is 0.462. The number of H-pyrrole nitrogens is 1. The Morgan fingerprint density at radius 1 is 1.00 bits per heavy atom. The van der Waals surface area contributed by atoms with E-state index in [1.165, 1.54) is 0 Å². The van der Waals surface area contributed by atoms with Gasteiger partial charge < -0.3 is 14.5 Å². The maximum atomic E-state index is 4.66. The maximum Gasteiger partial charge on any atom is 0.142 e. The number of hydrogen-bond acceptors (Lipinski definition) is 5. The number of anilines is 1. The van der Waals surface area contributed by atoms with Crippen LogP contribution in [0.5, 0.6) is 0 Å². The molecule has 0 atom stereocenters. The van der Waals surface area contributed by atoms with Gasteiger partial charge in [-0.15, -0.1) is 0 Å². The number of aromatic nitrogens is 6. The first-order valence-corrected chi connectivity index (χ1v) is 9.32. The van der Waals surface area contributed by atoms with E-state index < -0.39 is 0 Å². The summed E-state index contributed by atoms with van der Waals surface area (Å²) in [6.07, 6.45) is 11.5. The normalized spacial score (nSPS) is 15.5. The van der Waals surface area contributed by atoms with Gasteiger partial charge in [-0.1, -0.05) is 6.07 Å². The van der Waals surface area contributed by atoms with Crippen LogP contribution in [0.3, 0.4) is 0 Å². The van der Waals surface area contributed by atoms with E-state index >= 15 is 0 Å². The predicted molar refractivity (Wildman–Crippen MR) is 104 cm³/mol. The minimum Gasteiger partial charge on any atom is -0.356 e. The number of rotatable bonds is 4. The molecule has 1 N–H and O–H groups in total. The van der Waals surface area contributed by atoms with Gasteiger partial charge in [0, 0.05) is 43.8 Å². The second kappa shape index (κ2) is 6.83. The Hall–Kier alpha value is -3.22. The molecule has 0 aromatic carbocycles. The van der Waals surface area contributed by atoms with E-state index in [0.29, 0.717) is 5.92 Å². The van der Waals surface area contributed by atoms with E-state index in [-0.39, 0.29) is 0 Å². The SMILES string of the molecule is c1ccc(Cn2ccnc2C2CCN(c3ncnc4[nH]ccc34)CC2)nc1. The molecule has 7 nitrogen and oxygen atoms in total. The summed E-state index contributed by atoms with van der Waals surface area (Å²) in [5, 5.41) is 1.09. The van der Waals surface area contributed by atoms with Crippen molar-refractivity contribution in [2.24, 2.45) is 0 Å². The first kappa shape index (κ1) is 16.0. The molecule has 0 spiro atoms. The summed E-state index contributed by atoms with van der Waals surface area (Å²) in [6, 6.07) is 8.09. The molecule has 4 aromatic rings. The molecule has 136 valence electrons. The van der Waals surface area contributed by atoms with Gasteiger partial charge in [0.05, 0.1) is 17.6 Å². The van der Waals surface area contributed by atoms with Crippen LogP contribution in [0.25, 0.3) is 11.0 Å². The maximum absolute atomic E-state index is 4.66. The molecule has 1 aliphatic heterocycles. The van der Waals surface area contributed by atoms with Crippen LogP contribution in [0.15, 0.2) is 55.4 Å². The van der Waals surface area contributed by atoms with Crippen molar-refractivity contribution in [3.8, 4) is 0 Å². The molecule has 0 aliphatic carbocycles. The molecule has 4 aromatic heterocycles. The highest BCUT2D eigenvalue weighted by Crippen LogP contribution is 2.31. The zero-order chi connectivity index (χ0) is 18.1. The Bertz CT molecular complexity index is 1030. The first-order chi connectivity index (χ1) is 13.4. The summed E-state index contributed by atoms with van der Waals surface area (Å²) in [7, 11) is 0. The van der Waals surface area contributed by atoms with Crippen LogP contribution in [-0.2, 0) is 6.54 Å². The summed E-state index contributed by atoms with van der Waals surface area (Å²) in [5.74, 6) is 2.65. The highest BCUT2D eigenvalue weighted by Gasteiger charge is 2.25. The molecular formula is C20H21N7. The second-order valence-electron chi connectivity index (χ2n) is 6.93.